The number of aryl methyl sites for hydroxylation is 2. The van der Waals surface area contributed by atoms with Crippen LogP contribution in [0.2, 0.25) is 0 Å². The quantitative estimate of drug-likeness (QED) is 0.345. The molecule has 8 nitrogen and oxygen atoms in total. The minimum absolute atomic E-state index is 0. The third kappa shape index (κ3) is 5.48. The van der Waals surface area contributed by atoms with Gasteiger partial charge in [-0.15, -0.1) is 24.0 Å². The van der Waals surface area contributed by atoms with Gasteiger partial charge in [0.1, 0.15) is 5.60 Å². The van der Waals surface area contributed by atoms with Crippen molar-refractivity contribution in [1.29, 1.82) is 0 Å². The van der Waals surface area contributed by atoms with Gasteiger partial charge in [-0.05, 0) is 19.9 Å². The fourth-order valence-electron chi connectivity index (χ4n) is 2.12. The third-order valence-corrected chi connectivity index (χ3v) is 3.59. The van der Waals surface area contributed by atoms with Gasteiger partial charge in [0.05, 0.1) is 25.0 Å². The fourth-order valence-corrected chi connectivity index (χ4v) is 2.12. The number of hydrogen-bond acceptors (Lipinski definition) is 4. The number of hydrogen-bond donors (Lipinski definition) is 3. The normalized spacial score (nSPS) is 14.0. The van der Waals surface area contributed by atoms with Crippen LogP contribution >= 0.6 is 24.0 Å². The molecule has 2 aromatic heterocycles. The summed E-state index contributed by atoms with van der Waals surface area (Å²) in [6, 6.07) is 1.93. The second-order valence-electron chi connectivity index (χ2n) is 5.67. The van der Waals surface area contributed by atoms with Crippen LogP contribution in [0.15, 0.2) is 29.6 Å². The molecule has 9 heteroatoms. The maximum atomic E-state index is 10.6. The van der Waals surface area contributed by atoms with E-state index in [2.05, 4.69) is 25.8 Å². The Morgan fingerprint density at radius 3 is 2.62 bits per heavy atom. The summed E-state index contributed by atoms with van der Waals surface area (Å²) in [4.78, 5) is 4.52. The molecule has 24 heavy (non-hydrogen) atoms. The minimum Gasteiger partial charge on any atom is -0.383 e. The Kier molecular flexibility index (Phi) is 7.67. The average Bonchev–Trinajstić information content (AvgIpc) is 3.11. The molecule has 2 rings (SSSR count). The third-order valence-electron chi connectivity index (χ3n) is 3.59. The van der Waals surface area contributed by atoms with Crippen molar-refractivity contribution in [2.24, 2.45) is 19.1 Å². The highest BCUT2D eigenvalue weighted by molar-refractivity contribution is 14.0. The fraction of sp³-hybridized carbons (Fsp3) is 0.533. The Hall–Kier alpha value is -1.62. The lowest BCUT2D eigenvalue weighted by Crippen LogP contribution is -2.44. The zero-order chi connectivity index (χ0) is 16.9. The summed E-state index contributed by atoms with van der Waals surface area (Å²) in [7, 11) is 3.71. The molecule has 3 N–H and O–H groups in total. The Labute approximate surface area is 159 Å². The van der Waals surface area contributed by atoms with Crippen LogP contribution in [0.1, 0.15) is 25.1 Å². The first-order valence-corrected chi connectivity index (χ1v) is 7.63. The number of aliphatic imine (C=N–C) groups is 1. The van der Waals surface area contributed by atoms with E-state index in [0.717, 1.165) is 17.8 Å². The molecule has 134 valence electrons. The van der Waals surface area contributed by atoms with Gasteiger partial charge in [0.25, 0.3) is 0 Å². The van der Waals surface area contributed by atoms with E-state index in [1.807, 2.05) is 27.1 Å². The molecule has 0 saturated heterocycles. The molecule has 0 amide bonds. The second kappa shape index (κ2) is 9.02. The first kappa shape index (κ1) is 20.4. The van der Waals surface area contributed by atoms with Crippen molar-refractivity contribution < 1.29 is 5.11 Å². The number of rotatable bonds is 6. The summed E-state index contributed by atoms with van der Waals surface area (Å²) in [5.74, 6) is 0.651. The molecule has 2 heterocycles. The number of nitrogens with one attached hydrogen (secondary N) is 2. The molecule has 2 aromatic rings. The lowest BCUT2D eigenvalue weighted by Gasteiger charge is -2.23. The smallest absolute Gasteiger partial charge is 0.191 e. The molecular weight excluding hydrogens is 421 g/mol. The largest absolute Gasteiger partial charge is 0.383 e. The van der Waals surface area contributed by atoms with Gasteiger partial charge in [-0.3, -0.25) is 9.36 Å². The zero-order valence-corrected chi connectivity index (χ0v) is 16.9. The van der Waals surface area contributed by atoms with Gasteiger partial charge >= 0.3 is 0 Å². The van der Waals surface area contributed by atoms with Gasteiger partial charge in [0.15, 0.2) is 5.96 Å². The van der Waals surface area contributed by atoms with Crippen molar-refractivity contribution >= 4 is 29.9 Å². The molecule has 0 aliphatic heterocycles. The van der Waals surface area contributed by atoms with E-state index in [4.69, 9.17) is 0 Å². The highest BCUT2D eigenvalue weighted by Crippen LogP contribution is 2.18. The molecular formula is C15H26IN7O. The van der Waals surface area contributed by atoms with Crippen molar-refractivity contribution in [2.45, 2.75) is 26.0 Å². The van der Waals surface area contributed by atoms with Crippen LogP contribution in [0.4, 0.5) is 0 Å². The Bertz CT molecular complexity index is 662. The summed E-state index contributed by atoms with van der Waals surface area (Å²) in [6.45, 7) is 5.34. The Morgan fingerprint density at radius 1 is 1.33 bits per heavy atom. The van der Waals surface area contributed by atoms with Crippen molar-refractivity contribution in [3.63, 3.8) is 0 Å². The lowest BCUT2D eigenvalue weighted by atomic mass is 10.00. The van der Waals surface area contributed by atoms with Crippen LogP contribution in [-0.4, -0.2) is 43.7 Å². The van der Waals surface area contributed by atoms with Crippen molar-refractivity contribution in [3.05, 3.63) is 35.9 Å². The number of halogens is 1. The predicted octanol–water partition coefficient (Wildman–Crippen LogP) is 0.734. The summed E-state index contributed by atoms with van der Waals surface area (Å²) in [6.07, 6.45) is 5.22. The first-order valence-electron chi connectivity index (χ1n) is 7.63. The van der Waals surface area contributed by atoms with Crippen molar-refractivity contribution in [3.8, 4) is 0 Å². The van der Waals surface area contributed by atoms with Gasteiger partial charge in [0, 0.05) is 38.6 Å². The topological polar surface area (TPSA) is 92.3 Å². The lowest BCUT2D eigenvalue weighted by molar-refractivity contribution is 0.0616. The predicted molar refractivity (Wildman–Crippen MR) is 104 cm³/mol. The molecule has 1 unspecified atom stereocenters. The van der Waals surface area contributed by atoms with Crippen molar-refractivity contribution in [2.75, 3.05) is 13.1 Å². The van der Waals surface area contributed by atoms with E-state index >= 15 is 0 Å². The van der Waals surface area contributed by atoms with E-state index in [0.29, 0.717) is 19.0 Å². The van der Waals surface area contributed by atoms with Crippen LogP contribution in [0.25, 0.3) is 0 Å². The van der Waals surface area contributed by atoms with Gasteiger partial charge in [-0.1, -0.05) is 0 Å². The maximum Gasteiger partial charge on any atom is 0.191 e. The van der Waals surface area contributed by atoms with E-state index in [1.165, 1.54) is 0 Å². The van der Waals surface area contributed by atoms with Gasteiger partial charge in [0.2, 0.25) is 0 Å². The molecule has 0 fully saturated rings. The van der Waals surface area contributed by atoms with Crippen LogP contribution in [0, 0.1) is 0 Å². The first-order chi connectivity index (χ1) is 10.9. The summed E-state index contributed by atoms with van der Waals surface area (Å²) in [5.41, 5.74) is 0.743. The maximum absolute atomic E-state index is 10.6. The average molecular weight is 447 g/mol. The molecule has 0 aromatic carbocycles. The molecule has 1 atom stereocenters. The standard InChI is InChI=1S/C15H25N7O.HI/c1-5-16-14(17-9-13-6-7-19-22(13)4)18-11-15(2,23)12-8-20-21(3)10-12;/h6-8,10,23H,5,9,11H2,1-4H3,(H2,16,17,18);1H. The van der Waals surface area contributed by atoms with Crippen LogP contribution in [0.5, 0.6) is 0 Å². The highest BCUT2D eigenvalue weighted by atomic mass is 127. The molecule has 0 bridgehead atoms. The zero-order valence-electron chi connectivity index (χ0n) is 14.5. The van der Waals surface area contributed by atoms with Gasteiger partial charge in [-0.2, -0.15) is 10.2 Å². The number of nitrogens with zero attached hydrogens (tertiary/aromatic N) is 5. The molecule has 0 aliphatic carbocycles. The molecule has 0 radical (unpaired) electrons. The van der Waals surface area contributed by atoms with Crippen LogP contribution in [-0.2, 0) is 26.2 Å². The monoisotopic (exact) mass is 447 g/mol. The van der Waals surface area contributed by atoms with Gasteiger partial charge in [-0.25, -0.2) is 4.99 Å². The SMILES string of the molecule is CCNC(=NCc1ccnn1C)NCC(C)(O)c1cnn(C)c1.I. The number of aromatic nitrogens is 4. The summed E-state index contributed by atoms with van der Waals surface area (Å²) < 4.78 is 3.46. The molecule has 0 spiro atoms. The minimum atomic E-state index is -1.03. The number of guanidine groups is 1. The molecule has 0 aliphatic rings. The van der Waals surface area contributed by atoms with Crippen molar-refractivity contribution in [1.82, 2.24) is 30.2 Å². The Balaban J connectivity index is 0.00000288. The highest BCUT2D eigenvalue weighted by Gasteiger charge is 2.24. The van der Waals surface area contributed by atoms with Crippen LogP contribution in [0.3, 0.4) is 0 Å². The summed E-state index contributed by atoms with van der Waals surface area (Å²) >= 11 is 0. The number of aliphatic hydroxyl groups is 1. The second-order valence-corrected chi connectivity index (χ2v) is 5.67. The van der Waals surface area contributed by atoms with E-state index < -0.39 is 5.60 Å². The van der Waals surface area contributed by atoms with E-state index in [-0.39, 0.29) is 24.0 Å². The van der Waals surface area contributed by atoms with E-state index in [9.17, 15) is 5.11 Å². The van der Waals surface area contributed by atoms with E-state index in [1.54, 1.807) is 34.9 Å². The van der Waals surface area contributed by atoms with Crippen LogP contribution < -0.4 is 10.6 Å². The Morgan fingerprint density at radius 2 is 2.08 bits per heavy atom. The summed E-state index contributed by atoms with van der Waals surface area (Å²) in [5, 5.41) is 25.2. The van der Waals surface area contributed by atoms with Gasteiger partial charge < -0.3 is 15.7 Å². The molecule has 0 saturated carbocycles.